The fourth-order valence-corrected chi connectivity index (χ4v) is 2.11. The monoisotopic (exact) mass is 170 g/mol. The SMILES string of the molecule is OC1CC(CN2CCNCC2)C1. The predicted octanol–water partition coefficient (Wildman–Crippen LogP) is -0.337. The Morgan fingerprint density at radius 2 is 1.92 bits per heavy atom. The molecule has 2 aliphatic rings. The maximum absolute atomic E-state index is 9.12. The topological polar surface area (TPSA) is 35.5 Å². The molecule has 70 valence electrons. The van der Waals surface area contributed by atoms with Crippen molar-refractivity contribution < 1.29 is 5.11 Å². The third-order valence-electron chi connectivity index (χ3n) is 2.94. The molecule has 3 heteroatoms. The summed E-state index contributed by atoms with van der Waals surface area (Å²) in [6, 6.07) is 0. The van der Waals surface area contributed by atoms with Crippen LogP contribution in [0.15, 0.2) is 0 Å². The minimum atomic E-state index is 0.0120. The summed E-state index contributed by atoms with van der Waals surface area (Å²) >= 11 is 0. The average molecular weight is 170 g/mol. The Morgan fingerprint density at radius 3 is 2.50 bits per heavy atom. The summed E-state index contributed by atoms with van der Waals surface area (Å²) < 4.78 is 0. The highest BCUT2D eigenvalue weighted by Crippen LogP contribution is 2.27. The molecule has 12 heavy (non-hydrogen) atoms. The molecule has 1 saturated carbocycles. The Hall–Kier alpha value is -0.120. The van der Waals surface area contributed by atoms with E-state index in [0.717, 1.165) is 31.8 Å². The van der Waals surface area contributed by atoms with Crippen LogP contribution in [0.3, 0.4) is 0 Å². The van der Waals surface area contributed by atoms with E-state index in [1.165, 1.54) is 19.6 Å². The van der Waals surface area contributed by atoms with Crippen LogP contribution in [-0.4, -0.2) is 48.8 Å². The van der Waals surface area contributed by atoms with E-state index >= 15 is 0 Å². The zero-order valence-electron chi connectivity index (χ0n) is 7.50. The van der Waals surface area contributed by atoms with Gasteiger partial charge in [-0.3, -0.25) is 0 Å². The lowest BCUT2D eigenvalue weighted by molar-refractivity contribution is 0.0227. The van der Waals surface area contributed by atoms with Crippen molar-refractivity contribution in [2.75, 3.05) is 32.7 Å². The number of rotatable bonds is 2. The van der Waals surface area contributed by atoms with Crippen molar-refractivity contribution in [3.8, 4) is 0 Å². The lowest BCUT2D eigenvalue weighted by Crippen LogP contribution is -2.47. The molecule has 0 spiro atoms. The van der Waals surface area contributed by atoms with Gasteiger partial charge in [0.05, 0.1) is 6.10 Å². The molecule has 3 nitrogen and oxygen atoms in total. The zero-order chi connectivity index (χ0) is 8.39. The fraction of sp³-hybridized carbons (Fsp3) is 1.00. The average Bonchev–Trinajstić information content (AvgIpc) is 2.04. The second-order valence-electron chi connectivity index (χ2n) is 4.04. The second kappa shape index (κ2) is 3.73. The number of aliphatic hydroxyl groups excluding tert-OH is 1. The first-order valence-corrected chi connectivity index (χ1v) is 4.96. The maximum Gasteiger partial charge on any atom is 0.0546 e. The first kappa shape index (κ1) is 8.48. The van der Waals surface area contributed by atoms with Gasteiger partial charge in [-0.15, -0.1) is 0 Å². The molecule has 1 saturated heterocycles. The molecule has 0 atom stereocenters. The first-order valence-electron chi connectivity index (χ1n) is 4.96. The molecule has 0 aromatic carbocycles. The van der Waals surface area contributed by atoms with Crippen LogP contribution >= 0.6 is 0 Å². The lowest BCUT2D eigenvalue weighted by atomic mass is 9.82. The van der Waals surface area contributed by atoms with Crippen LogP contribution in [0, 0.1) is 5.92 Å². The highest BCUT2D eigenvalue weighted by molar-refractivity contribution is 4.82. The van der Waals surface area contributed by atoms with Gasteiger partial charge in [0.1, 0.15) is 0 Å². The molecule has 1 aliphatic heterocycles. The summed E-state index contributed by atoms with van der Waals surface area (Å²) in [4.78, 5) is 2.51. The Morgan fingerprint density at radius 1 is 1.25 bits per heavy atom. The summed E-state index contributed by atoms with van der Waals surface area (Å²) in [5.41, 5.74) is 0. The largest absolute Gasteiger partial charge is 0.393 e. The van der Waals surface area contributed by atoms with E-state index in [1.807, 2.05) is 0 Å². The fourth-order valence-electron chi connectivity index (χ4n) is 2.11. The molecule has 0 amide bonds. The molecule has 1 heterocycles. The van der Waals surface area contributed by atoms with Gasteiger partial charge in [-0.1, -0.05) is 0 Å². The maximum atomic E-state index is 9.12. The normalized spacial score (nSPS) is 37.8. The lowest BCUT2D eigenvalue weighted by Gasteiger charge is -2.37. The van der Waals surface area contributed by atoms with Crippen LogP contribution in [0.1, 0.15) is 12.8 Å². The minimum absolute atomic E-state index is 0.0120. The Kier molecular flexibility index (Phi) is 2.63. The van der Waals surface area contributed by atoms with E-state index in [0.29, 0.717) is 0 Å². The summed E-state index contributed by atoms with van der Waals surface area (Å²) in [6.07, 6.45) is 2.08. The van der Waals surface area contributed by atoms with Crippen LogP contribution in [0.2, 0.25) is 0 Å². The Labute approximate surface area is 73.8 Å². The molecular weight excluding hydrogens is 152 g/mol. The van der Waals surface area contributed by atoms with Crippen molar-refractivity contribution in [2.24, 2.45) is 5.92 Å². The van der Waals surface area contributed by atoms with E-state index in [2.05, 4.69) is 10.2 Å². The highest BCUT2D eigenvalue weighted by Gasteiger charge is 2.28. The molecule has 0 aromatic rings. The molecule has 0 radical (unpaired) electrons. The third kappa shape index (κ3) is 1.97. The zero-order valence-corrected chi connectivity index (χ0v) is 7.50. The molecule has 0 unspecified atom stereocenters. The molecule has 2 fully saturated rings. The van der Waals surface area contributed by atoms with Gasteiger partial charge in [-0.2, -0.15) is 0 Å². The molecule has 0 aromatic heterocycles. The van der Waals surface area contributed by atoms with Gasteiger partial charge in [0.15, 0.2) is 0 Å². The highest BCUT2D eigenvalue weighted by atomic mass is 16.3. The van der Waals surface area contributed by atoms with E-state index in [4.69, 9.17) is 5.11 Å². The number of hydrogen-bond donors (Lipinski definition) is 2. The van der Waals surface area contributed by atoms with E-state index in [1.54, 1.807) is 0 Å². The van der Waals surface area contributed by atoms with Crippen molar-refractivity contribution in [3.05, 3.63) is 0 Å². The summed E-state index contributed by atoms with van der Waals surface area (Å²) in [7, 11) is 0. The molecule has 1 aliphatic carbocycles. The first-order chi connectivity index (χ1) is 5.84. The van der Waals surface area contributed by atoms with E-state index in [9.17, 15) is 0 Å². The van der Waals surface area contributed by atoms with Gasteiger partial charge in [-0.25, -0.2) is 0 Å². The van der Waals surface area contributed by atoms with Crippen molar-refractivity contribution in [1.82, 2.24) is 10.2 Å². The van der Waals surface area contributed by atoms with E-state index in [-0.39, 0.29) is 6.10 Å². The molecule has 2 N–H and O–H groups in total. The Bertz CT molecular complexity index is 139. The number of nitrogens with one attached hydrogen (secondary N) is 1. The quantitative estimate of drug-likeness (QED) is 0.595. The molecule has 0 bridgehead atoms. The van der Waals surface area contributed by atoms with Gasteiger partial charge >= 0.3 is 0 Å². The molecule has 2 rings (SSSR count). The van der Waals surface area contributed by atoms with Crippen molar-refractivity contribution in [2.45, 2.75) is 18.9 Å². The second-order valence-corrected chi connectivity index (χ2v) is 4.04. The number of nitrogens with zero attached hydrogens (tertiary/aromatic N) is 1. The number of hydrogen-bond acceptors (Lipinski definition) is 3. The van der Waals surface area contributed by atoms with Crippen LogP contribution < -0.4 is 5.32 Å². The van der Waals surface area contributed by atoms with Gasteiger partial charge in [-0.05, 0) is 18.8 Å². The van der Waals surface area contributed by atoms with Crippen LogP contribution in [0.25, 0.3) is 0 Å². The van der Waals surface area contributed by atoms with Crippen molar-refractivity contribution in [1.29, 1.82) is 0 Å². The minimum Gasteiger partial charge on any atom is -0.393 e. The van der Waals surface area contributed by atoms with Crippen LogP contribution in [0.5, 0.6) is 0 Å². The van der Waals surface area contributed by atoms with Crippen LogP contribution in [0.4, 0.5) is 0 Å². The smallest absolute Gasteiger partial charge is 0.0546 e. The Balaban J connectivity index is 1.65. The van der Waals surface area contributed by atoms with Gasteiger partial charge in [0, 0.05) is 32.7 Å². The van der Waals surface area contributed by atoms with Crippen molar-refractivity contribution >= 4 is 0 Å². The van der Waals surface area contributed by atoms with Gasteiger partial charge < -0.3 is 15.3 Å². The third-order valence-corrected chi connectivity index (χ3v) is 2.94. The summed E-state index contributed by atoms with van der Waals surface area (Å²) in [5.74, 6) is 0.776. The van der Waals surface area contributed by atoms with Gasteiger partial charge in [0.2, 0.25) is 0 Å². The van der Waals surface area contributed by atoms with Gasteiger partial charge in [0.25, 0.3) is 0 Å². The standard InChI is InChI=1S/C9H18N2O/c12-9-5-8(6-9)7-11-3-1-10-2-4-11/h8-10,12H,1-7H2. The van der Waals surface area contributed by atoms with E-state index < -0.39 is 0 Å². The summed E-state index contributed by atoms with van der Waals surface area (Å²) in [6.45, 7) is 5.85. The molecular formula is C9H18N2O. The summed E-state index contributed by atoms with van der Waals surface area (Å²) in [5, 5.41) is 12.5. The van der Waals surface area contributed by atoms with Crippen LogP contribution in [-0.2, 0) is 0 Å². The number of piperazine rings is 1. The number of aliphatic hydroxyl groups is 1. The predicted molar refractivity (Wildman–Crippen MR) is 48.0 cm³/mol. The van der Waals surface area contributed by atoms with Crippen molar-refractivity contribution in [3.63, 3.8) is 0 Å².